The Morgan fingerprint density at radius 2 is 1.86 bits per heavy atom. The number of anilines is 1. The van der Waals surface area contributed by atoms with Crippen LogP contribution in [0, 0.1) is 15.9 Å². The zero-order chi connectivity index (χ0) is 15.6. The minimum atomic E-state index is -0.666. The molecule has 4 nitrogen and oxygen atoms in total. The number of hydrogen-bond acceptors (Lipinski definition) is 3. The number of nitrogens with one attached hydrogen (secondary N) is 1. The maximum Gasteiger partial charge on any atom is 0.270 e. The van der Waals surface area contributed by atoms with Crippen LogP contribution in [0.3, 0.4) is 0 Å². The van der Waals surface area contributed by atoms with Crippen LogP contribution in [-0.4, -0.2) is 4.92 Å². The number of nitro groups is 1. The van der Waals surface area contributed by atoms with Gasteiger partial charge < -0.3 is 5.32 Å². The molecule has 0 unspecified atom stereocenters. The summed E-state index contributed by atoms with van der Waals surface area (Å²) in [5.74, 6) is -0.666. The highest BCUT2D eigenvalue weighted by Crippen LogP contribution is 2.28. The van der Waals surface area contributed by atoms with Gasteiger partial charge in [-0.25, -0.2) is 4.39 Å². The van der Waals surface area contributed by atoms with Crippen molar-refractivity contribution in [1.29, 1.82) is 0 Å². The van der Waals surface area contributed by atoms with Crippen LogP contribution in [0.25, 0.3) is 0 Å². The Morgan fingerprint density at radius 3 is 2.38 bits per heavy atom. The first kappa shape index (κ1) is 16.0. The molecule has 0 aliphatic rings. The summed E-state index contributed by atoms with van der Waals surface area (Å²) in [7, 11) is 0. The highest BCUT2D eigenvalue weighted by Gasteiger charge is 2.10. The molecule has 1 N–H and O–H groups in total. The molecule has 0 spiro atoms. The summed E-state index contributed by atoms with van der Waals surface area (Å²) in [6.07, 6.45) is 0. The lowest BCUT2D eigenvalue weighted by atomic mass is 10.2. The second kappa shape index (κ2) is 6.60. The lowest BCUT2D eigenvalue weighted by Gasteiger charge is -2.09. The number of hydrogen-bond donors (Lipinski definition) is 1. The SMILES string of the molecule is O=[N+]([O-])c1ccc(CNc2cc(Cl)c(F)c(Cl)c2)c(Br)c1. The van der Waals surface area contributed by atoms with Crippen LogP contribution >= 0.6 is 39.1 Å². The number of non-ortho nitro benzene ring substituents is 1. The van der Waals surface area contributed by atoms with Gasteiger partial charge in [-0.3, -0.25) is 10.1 Å². The third kappa shape index (κ3) is 3.84. The second-order valence-corrected chi connectivity index (χ2v) is 5.81. The molecular formula is C13H8BrCl2FN2O2. The monoisotopic (exact) mass is 392 g/mol. The largest absolute Gasteiger partial charge is 0.381 e. The Balaban J connectivity index is 2.15. The summed E-state index contributed by atoms with van der Waals surface area (Å²) in [6, 6.07) is 7.29. The van der Waals surface area contributed by atoms with E-state index in [1.807, 2.05) is 0 Å². The Hall–Kier alpha value is -1.37. The van der Waals surface area contributed by atoms with E-state index in [0.717, 1.165) is 5.56 Å². The highest BCUT2D eigenvalue weighted by atomic mass is 79.9. The molecule has 2 aromatic carbocycles. The van der Waals surface area contributed by atoms with E-state index in [1.54, 1.807) is 6.07 Å². The van der Waals surface area contributed by atoms with Crippen LogP contribution in [0.1, 0.15) is 5.56 Å². The summed E-state index contributed by atoms with van der Waals surface area (Å²) < 4.78 is 13.9. The molecule has 0 bridgehead atoms. The topological polar surface area (TPSA) is 55.2 Å². The summed E-state index contributed by atoms with van der Waals surface area (Å²) >= 11 is 14.7. The molecule has 2 rings (SSSR count). The van der Waals surface area contributed by atoms with Gasteiger partial charge in [0.2, 0.25) is 0 Å². The van der Waals surface area contributed by atoms with E-state index in [1.165, 1.54) is 24.3 Å². The van der Waals surface area contributed by atoms with E-state index in [0.29, 0.717) is 16.7 Å². The van der Waals surface area contributed by atoms with Gasteiger partial charge in [0.05, 0.1) is 15.0 Å². The first-order chi connectivity index (χ1) is 9.88. The fraction of sp³-hybridized carbons (Fsp3) is 0.0769. The number of nitro benzene ring substituents is 1. The van der Waals surface area contributed by atoms with Crippen molar-refractivity contribution in [2.24, 2.45) is 0 Å². The maximum atomic E-state index is 13.3. The molecule has 0 radical (unpaired) electrons. The van der Waals surface area contributed by atoms with E-state index in [4.69, 9.17) is 23.2 Å². The molecule has 0 atom stereocenters. The zero-order valence-corrected chi connectivity index (χ0v) is 13.5. The Labute approximate surface area is 138 Å². The molecule has 0 saturated heterocycles. The summed E-state index contributed by atoms with van der Waals surface area (Å²) in [5.41, 5.74) is 1.35. The lowest BCUT2D eigenvalue weighted by molar-refractivity contribution is -0.384. The van der Waals surface area contributed by atoms with Crippen molar-refractivity contribution in [2.75, 3.05) is 5.32 Å². The molecule has 0 aliphatic heterocycles. The van der Waals surface area contributed by atoms with Gasteiger partial charge in [0.25, 0.3) is 5.69 Å². The minimum Gasteiger partial charge on any atom is -0.381 e. The molecule has 0 aliphatic carbocycles. The molecule has 0 saturated carbocycles. The van der Waals surface area contributed by atoms with Crippen molar-refractivity contribution < 1.29 is 9.31 Å². The molecule has 8 heteroatoms. The lowest BCUT2D eigenvalue weighted by Crippen LogP contribution is -2.01. The molecule has 21 heavy (non-hydrogen) atoms. The van der Waals surface area contributed by atoms with Crippen molar-refractivity contribution in [2.45, 2.75) is 6.54 Å². The average Bonchev–Trinajstić information content (AvgIpc) is 2.43. The molecule has 0 amide bonds. The fourth-order valence-electron chi connectivity index (χ4n) is 1.65. The van der Waals surface area contributed by atoms with E-state index < -0.39 is 10.7 Å². The normalized spacial score (nSPS) is 10.5. The Morgan fingerprint density at radius 1 is 1.24 bits per heavy atom. The summed E-state index contributed by atoms with van der Waals surface area (Å²) in [5, 5.41) is 13.5. The quantitative estimate of drug-likeness (QED) is 0.429. The van der Waals surface area contributed by atoms with Crippen LogP contribution in [-0.2, 0) is 6.54 Å². The van der Waals surface area contributed by atoms with Crippen LogP contribution in [0.5, 0.6) is 0 Å². The van der Waals surface area contributed by atoms with Gasteiger partial charge in [-0.05, 0) is 23.8 Å². The average molecular weight is 394 g/mol. The van der Waals surface area contributed by atoms with Crippen molar-refractivity contribution in [3.8, 4) is 0 Å². The van der Waals surface area contributed by atoms with Crippen molar-refractivity contribution in [3.05, 3.63) is 66.3 Å². The molecule has 110 valence electrons. The maximum absolute atomic E-state index is 13.3. The number of rotatable bonds is 4. The van der Waals surface area contributed by atoms with Crippen LogP contribution in [0.15, 0.2) is 34.8 Å². The van der Waals surface area contributed by atoms with Gasteiger partial charge in [0, 0.05) is 28.8 Å². The third-order valence-electron chi connectivity index (χ3n) is 2.71. The molecule has 0 aromatic heterocycles. The van der Waals surface area contributed by atoms with E-state index in [-0.39, 0.29) is 15.7 Å². The van der Waals surface area contributed by atoms with Gasteiger partial charge in [0.15, 0.2) is 5.82 Å². The van der Waals surface area contributed by atoms with Crippen molar-refractivity contribution >= 4 is 50.5 Å². The second-order valence-electron chi connectivity index (χ2n) is 4.14. The van der Waals surface area contributed by atoms with Gasteiger partial charge in [-0.2, -0.15) is 0 Å². The van der Waals surface area contributed by atoms with Crippen LogP contribution in [0.2, 0.25) is 10.0 Å². The van der Waals surface area contributed by atoms with E-state index >= 15 is 0 Å². The Kier molecular flexibility index (Phi) is 5.03. The van der Waals surface area contributed by atoms with Gasteiger partial charge in [-0.15, -0.1) is 0 Å². The van der Waals surface area contributed by atoms with E-state index in [9.17, 15) is 14.5 Å². The predicted octanol–water partition coefficient (Wildman–Crippen LogP) is 5.42. The van der Waals surface area contributed by atoms with Gasteiger partial charge in [-0.1, -0.05) is 39.1 Å². The van der Waals surface area contributed by atoms with Gasteiger partial charge in [0.1, 0.15) is 0 Å². The molecule has 0 fully saturated rings. The highest BCUT2D eigenvalue weighted by molar-refractivity contribution is 9.10. The zero-order valence-electron chi connectivity index (χ0n) is 10.4. The number of nitrogens with zero attached hydrogens (tertiary/aromatic N) is 1. The first-order valence-corrected chi connectivity index (χ1v) is 7.24. The van der Waals surface area contributed by atoms with Gasteiger partial charge >= 0.3 is 0 Å². The molecule has 0 heterocycles. The first-order valence-electron chi connectivity index (χ1n) is 5.69. The standard InChI is InChI=1S/C13H8BrCl2FN2O2/c14-10-5-9(19(20)21)2-1-7(10)6-18-8-3-11(15)13(17)12(16)4-8/h1-5,18H,6H2. The summed E-state index contributed by atoms with van der Waals surface area (Å²) in [6.45, 7) is 0.372. The molecular weight excluding hydrogens is 386 g/mol. The Bertz CT molecular complexity index is 690. The summed E-state index contributed by atoms with van der Waals surface area (Å²) in [4.78, 5) is 10.2. The smallest absolute Gasteiger partial charge is 0.270 e. The third-order valence-corrected chi connectivity index (χ3v) is 4.00. The van der Waals surface area contributed by atoms with Crippen molar-refractivity contribution in [1.82, 2.24) is 0 Å². The van der Waals surface area contributed by atoms with Crippen molar-refractivity contribution in [3.63, 3.8) is 0 Å². The van der Waals surface area contributed by atoms with E-state index in [2.05, 4.69) is 21.2 Å². The molecule has 2 aromatic rings. The predicted molar refractivity (Wildman–Crippen MR) is 84.5 cm³/mol. The fourth-order valence-corrected chi connectivity index (χ4v) is 2.64. The van der Waals surface area contributed by atoms with Crippen LogP contribution in [0.4, 0.5) is 15.8 Å². The minimum absolute atomic E-state index is 0.00139. The number of halogens is 4. The van der Waals surface area contributed by atoms with Crippen LogP contribution < -0.4 is 5.32 Å². The number of benzene rings is 2.